The van der Waals surface area contributed by atoms with Crippen LogP contribution < -0.4 is 14.8 Å². The normalized spacial score (nSPS) is 14.1. The highest BCUT2D eigenvalue weighted by atomic mass is 32.1. The average Bonchev–Trinajstić information content (AvgIpc) is 2.73. The Balaban J connectivity index is 1.60. The van der Waals surface area contributed by atoms with Gasteiger partial charge in [-0.2, -0.15) is 11.3 Å². The van der Waals surface area contributed by atoms with E-state index in [0.717, 1.165) is 44.2 Å². The number of hydrogen-bond donors (Lipinski definition) is 1. The molecule has 20 heavy (non-hydrogen) atoms. The Labute approximate surface area is 123 Å². The van der Waals surface area contributed by atoms with Crippen LogP contribution in [0.1, 0.15) is 23.1 Å². The average molecular weight is 289 g/mol. The maximum Gasteiger partial charge on any atom is 0.161 e. The Hall–Kier alpha value is -1.52. The van der Waals surface area contributed by atoms with Crippen LogP contribution in [0.4, 0.5) is 0 Å². The summed E-state index contributed by atoms with van der Waals surface area (Å²) in [6.07, 6.45) is 0.944. The van der Waals surface area contributed by atoms with Gasteiger partial charge >= 0.3 is 0 Å². The maximum absolute atomic E-state index is 5.71. The number of aryl methyl sites for hydroxylation is 1. The lowest BCUT2D eigenvalue weighted by molar-refractivity contribution is 0.297. The molecule has 0 unspecified atom stereocenters. The molecule has 0 radical (unpaired) electrons. The third-order valence-corrected chi connectivity index (χ3v) is 4.33. The van der Waals surface area contributed by atoms with Gasteiger partial charge in [0.1, 0.15) is 0 Å². The fraction of sp³-hybridized carbons (Fsp3) is 0.375. The van der Waals surface area contributed by atoms with E-state index >= 15 is 0 Å². The largest absolute Gasteiger partial charge is 0.490 e. The van der Waals surface area contributed by atoms with Crippen molar-refractivity contribution in [3.8, 4) is 11.5 Å². The van der Waals surface area contributed by atoms with Gasteiger partial charge in [-0.1, -0.05) is 6.07 Å². The molecule has 2 heterocycles. The van der Waals surface area contributed by atoms with E-state index < -0.39 is 0 Å². The summed E-state index contributed by atoms with van der Waals surface area (Å²) in [6.45, 7) is 5.37. The number of thiophene rings is 1. The lowest BCUT2D eigenvalue weighted by atomic mass is 10.2. The molecule has 4 heteroatoms. The molecule has 106 valence electrons. The molecule has 1 aromatic heterocycles. The number of ether oxygens (including phenoxy) is 2. The lowest BCUT2D eigenvalue weighted by Crippen LogP contribution is -2.12. The molecule has 1 aliphatic rings. The van der Waals surface area contributed by atoms with E-state index in [-0.39, 0.29) is 0 Å². The standard InChI is InChI=1S/C16H19NO2S/c1-12-10-20-11-14(12)9-17-8-13-3-4-15-16(7-13)19-6-2-5-18-15/h3-4,7,10-11,17H,2,5-6,8-9H2,1H3. The van der Waals surface area contributed by atoms with Crippen molar-refractivity contribution in [2.24, 2.45) is 0 Å². The highest BCUT2D eigenvalue weighted by Gasteiger charge is 2.10. The molecule has 0 bridgehead atoms. The molecule has 0 saturated heterocycles. The summed E-state index contributed by atoms with van der Waals surface area (Å²) in [7, 11) is 0. The number of rotatable bonds is 4. The zero-order chi connectivity index (χ0) is 13.8. The van der Waals surface area contributed by atoms with Gasteiger partial charge in [0.05, 0.1) is 13.2 Å². The Morgan fingerprint density at radius 2 is 1.95 bits per heavy atom. The van der Waals surface area contributed by atoms with E-state index in [0.29, 0.717) is 0 Å². The predicted molar refractivity (Wildman–Crippen MR) is 81.6 cm³/mol. The first kappa shape index (κ1) is 13.5. The minimum Gasteiger partial charge on any atom is -0.490 e. The molecule has 1 aromatic carbocycles. The molecular formula is C16H19NO2S. The van der Waals surface area contributed by atoms with Crippen LogP contribution in [0.25, 0.3) is 0 Å². The molecule has 0 fully saturated rings. The first-order valence-corrected chi connectivity index (χ1v) is 7.88. The number of hydrogen-bond acceptors (Lipinski definition) is 4. The smallest absolute Gasteiger partial charge is 0.161 e. The highest BCUT2D eigenvalue weighted by molar-refractivity contribution is 7.08. The first-order valence-electron chi connectivity index (χ1n) is 6.94. The Morgan fingerprint density at radius 3 is 2.75 bits per heavy atom. The van der Waals surface area contributed by atoms with E-state index in [2.05, 4.69) is 35.1 Å². The molecule has 0 saturated carbocycles. The molecule has 2 aromatic rings. The summed E-state index contributed by atoms with van der Waals surface area (Å²) < 4.78 is 11.3. The predicted octanol–water partition coefficient (Wildman–Crippen LogP) is 3.51. The van der Waals surface area contributed by atoms with Gasteiger partial charge in [-0.15, -0.1) is 0 Å². The number of benzene rings is 1. The summed E-state index contributed by atoms with van der Waals surface area (Å²) in [5.74, 6) is 1.73. The van der Waals surface area contributed by atoms with Crippen LogP contribution in [0.15, 0.2) is 29.0 Å². The van der Waals surface area contributed by atoms with Crippen molar-refractivity contribution in [1.29, 1.82) is 0 Å². The van der Waals surface area contributed by atoms with Crippen molar-refractivity contribution < 1.29 is 9.47 Å². The van der Waals surface area contributed by atoms with Crippen LogP contribution >= 0.6 is 11.3 Å². The van der Waals surface area contributed by atoms with E-state index in [9.17, 15) is 0 Å². The van der Waals surface area contributed by atoms with Gasteiger partial charge in [0, 0.05) is 19.5 Å². The van der Waals surface area contributed by atoms with Crippen molar-refractivity contribution in [2.75, 3.05) is 13.2 Å². The van der Waals surface area contributed by atoms with E-state index in [1.807, 2.05) is 6.07 Å². The quantitative estimate of drug-likeness (QED) is 0.934. The number of nitrogens with one attached hydrogen (secondary N) is 1. The van der Waals surface area contributed by atoms with Crippen molar-refractivity contribution in [2.45, 2.75) is 26.4 Å². The second kappa shape index (κ2) is 6.29. The zero-order valence-electron chi connectivity index (χ0n) is 11.6. The Kier molecular flexibility index (Phi) is 4.23. The molecule has 0 atom stereocenters. The second-order valence-electron chi connectivity index (χ2n) is 5.02. The topological polar surface area (TPSA) is 30.5 Å². The Morgan fingerprint density at radius 1 is 1.10 bits per heavy atom. The molecule has 3 nitrogen and oxygen atoms in total. The zero-order valence-corrected chi connectivity index (χ0v) is 12.5. The van der Waals surface area contributed by atoms with E-state index in [4.69, 9.17) is 9.47 Å². The van der Waals surface area contributed by atoms with E-state index in [1.54, 1.807) is 11.3 Å². The van der Waals surface area contributed by atoms with Gasteiger partial charge < -0.3 is 14.8 Å². The molecule has 3 rings (SSSR count). The van der Waals surface area contributed by atoms with Crippen LogP contribution in [0, 0.1) is 6.92 Å². The van der Waals surface area contributed by atoms with Crippen LogP contribution in [-0.4, -0.2) is 13.2 Å². The van der Waals surface area contributed by atoms with E-state index in [1.165, 1.54) is 16.7 Å². The minimum atomic E-state index is 0.734. The third kappa shape index (κ3) is 3.14. The summed E-state index contributed by atoms with van der Waals surface area (Å²) in [5, 5.41) is 7.87. The number of fused-ring (bicyclic) bond motifs is 1. The van der Waals surface area contributed by atoms with Crippen molar-refractivity contribution >= 4 is 11.3 Å². The monoisotopic (exact) mass is 289 g/mol. The molecular weight excluding hydrogens is 270 g/mol. The SMILES string of the molecule is Cc1cscc1CNCc1ccc2c(c1)OCCCO2. The van der Waals surface area contributed by atoms with Gasteiger partial charge in [0.2, 0.25) is 0 Å². The summed E-state index contributed by atoms with van der Waals surface area (Å²) in [5.41, 5.74) is 3.97. The van der Waals surface area contributed by atoms with Crippen LogP contribution in [0.2, 0.25) is 0 Å². The summed E-state index contributed by atoms with van der Waals surface area (Å²) in [6, 6.07) is 6.18. The van der Waals surface area contributed by atoms with Crippen LogP contribution in [-0.2, 0) is 13.1 Å². The maximum atomic E-state index is 5.71. The lowest BCUT2D eigenvalue weighted by Gasteiger charge is -2.10. The Bertz CT molecular complexity index is 580. The molecule has 1 aliphatic heterocycles. The molecule has 0 aliphatic carbocycles. The van der Waals surface area contributed by atoms with Crippen molar-refractivity contribution in [3.63, 3.8) is 0 Å². The third-order valence-electron chi connectivity index (χ3n) is 3.42. The van der Waals surface area contributed by atoms with Crippen LogP contribution in [0.3, 0.4) is 0 Å². The summed E-state index contributed by atoms with van der Waals surface area (Å²) >= 11 is 1.76. The second-order valence-corrected chi connectivity index (χ2v) is 5.76. The van der Waals surface area contributed by atoms with Crippen LogP contribution in [0.5, 0.6) is 11.5 Å². The van der Waals surface area contributed by atoms with Crippen molar-refractivity contribution in [3.05, 3.63) is 45.6 Å². The minimum absolute atomic E-state index is 0.734. The van der Waals surface area contributed by atoms with Gasteiger partial charge in [-0.3, -0.25) is 0 Å². The summed E-state index contributed by atoms with van der Waals surface area (Å²) in [4.78, 5) is 0. The van der Waals surface area contributed by atoms with Gasteiger partial charge in [-0.05, 0) is 46.5 Å². The fourth-order valence-electron chi connectivity index (χ4n) is 2.23. The molecule has 0 spiro atoms. The van der Waals surface area contributed by atoms with Gasteiger partial charge in [0.25, 0.3) is 0 Å². The molecule has 1 N–H and O–H groups in total. The fourth-order valence-corrected chi connectivity index (χ4v) is 3.08. The highest BCUT2D eigenvalue weighted by Crippen LogP contribution is 2.30. The molecule has 0 amide bonds. The van der Waals surface area contributed by atoms with Gasteiger partial charge in [-0.25, -0.2) is 0 Å². The first-order chi connectivity index (χ1) is 9.83. The van der Waals surface area contributed by atoms with Gasteiger partial charge in [0.15, 0.2) is 11.5 Å². The van der Waals surface area contributed by atoms with Crippen molar-refractivity contribution in [1.82, 2.24) is 5.32 Å².